The summed E-state index contributed by atoms with van der Waals surface area (Å²) in [5.41, 5.74) is 0. The molecule has 0 aromatic carbocycles. The molecule has 0 unspecified atom stereocenters. The Balaban J connectivity index is 1.25. The molecule has 0 atom stereocenters. The Labute approximate surface area is 138 Å². The van der Waals surface area contributed by atoms with Crippen LogP contribution in [0.2, 0.25) is 0 Å². The smallest absolute Gasteiger partial charge is 0.223 e. The maximum absolute atomic E-state index is 12.3. The largest absolute Gasteiger partial charge is 0.378 e. The van der Waals surface area contributed by atoms with Crippen molar-refractivity contribution < 1.29 is 14.3 Å². The van der Waals surface area contributed by atoms with Crippen molar-refractivity contribution in [3.63, 3.8) is 0 Å². The van der Waals surface area contributed by atoms with Gasteiger partial charge >= 0.3 is 0 Å². The Hall–Kier alpha value is -1.10. The first-order valence-electron chi connectivity index (χ1n) is 9.34. The maximum atomic E-state index is 12.3. The van der Waals surface area contributed by atoms with E-state index in [1.165, 1.54) is 32.1 Å². The molecule has 23 heavy (non-hydrogen) atoms. The molecule has 0 aromatic heterocycles. The summed E-state index contributed by atoms with van der Waals surface area (Å²) < 4.78 is 5.26. The van der Waals surface area contributed by atoms with E-state index in [4.69, 9.17) is 4.74 Å². The van der Waals surface area contributed by atoms with Gasteiger partial charge in [0, 0.05) is 32.0 Å². The SMILES string of the molecule is O=C(CCC(=O)N1CCOCC1)NC1C2CC3CC(C2)CC1C3. The predicted molar refractivity (Wildman–Crippen MR) is 85.6 cm³/mol. The lowest BCUT2D eigenvalue weighted by Crippen LogP contribution is -2.55. The molecule has 4 saturated carbocycles. The van der Waals surface area contributed by atoms with Crippen LogP contribution in [0.25, 0.3) is 0 Å². The number of hydrogen-bond donors (Lipinski definition) is 1. The fourth-order valence-corrected chi connectivity index (χ4v) is 5.61. The zero-order valence-corrected chi connectivity index (χ0v) is 13.8. The summed E-state index contributed by atoms with van der Waals surface area (Å²) in [5, 5.41) is 3.29. The Morgan fingerprint density at radius 3 is 2.13 bits per heavy atom. The van der Waals surface area contributed by atoms with Crippen LogP contribution < -0.4 is 5.32 Å². The van der Waals surface area contributed by atoms with Gasteiger partial charge in [-0.25, -0.2) is 0 Å². The first-order valence-corrected chi connectivity index (χ1v) is 9.34. The molecule has 1 N–H and O–H groups in total. The molecule has 0 spiro atoms. The lowest BCUT2D eigenvalue weighted by atomic mass is 9.54. The number of hydrogen-bond acceptors (Lipinski definition) is 3. The minimum Gasteiger partial charge on any atom is -0.378 e. The highest BCUT2D eigenvalue weighted by Gasteiger charge is 2.48. The van der Waals surface area contributed by atoms with E-state index in [0.717, 1.165) is 11.8 Å². The lowest BCUT2D eigenvalue weighted by molar-refractivity contribution is -0.137. The fourth-order valence-electron chi connectivity index (χ4n) is 5.61. The van der Waals surface area contributed by atoms with Gasteiger partial charge in [0.1, 0.15) is 0 Å². The highest BCUT2D eigenvalue weighted by molar-refractivity contribution is 5.84. The number of amides is 2. The standard InChI is InChI=1S/C18H28N2O3/c21-16(1-2-17(22)20-3-5-23-6-4-20)19-18-14-8-12-7-13(10-14)11-15(18)9-12/h12-15,18H,1-11H2,(H,19,21). The van der Waals surface area contributed by atoms with Crippen LogP contribution in [-0.2, 0) is 14.3 Å². The minimum absolute atomic E-state index is 0.0732. The van der Waals surface area contributed by atoms with Crippen LogP contribution in [0.5, 0.6) is 0 Å². The molecular formula is C18H28N2O3. The van der Waals surface area contributed by atoms with Gasteiger partial charge in [0.15, 0.2) is 0 Å². The molecule has 128 valence electrons. The summed E-state index contributed by atoms with van der Waals surface area (Å²) >= 11 is 0. The minimum atomic E-state index is 0.0732. The van der Waals surface area contributed by atoms with E-state index >= 15 is 0 Å². The van der Waals surface area contributed by atoms with Crippen molar-refractivity contribution in [2.75, 3.05) is 26.3 Å². The summed E-state index contributed by atoms with van der Waals surface area (Å²) in [6.07, 6.45) is 7.34. The fraction of sp³-hybridized carbons (Fsp3) is 0.889. The van der Waals surface area contributed by atoms with Crippen LogP contribution in [0.15, 0.2) is 0 Å². The zero-order chi connectivity index (χ0) is 15.8. The number of nitrogens with zero attached hydrogens (tertiary/aromatic N) is 1. The molecule has 1 aliphatic heterocycles. The molecule has 4 bridgehead atoms. The number of ether oxygens (including phenoxy) is 1. The van der Waals surface area contributed by atoms with Crippen LogP contribution >= 0.6 is 0 Å². The molecule has 5 nitrogen and oxygen atoms in total. The number of rotatable bonds is 4. The zero-order valence-electron chi connectivity index (χ0n) is 13.8. The molecule has 5 heteroatoms. The normalized spacial score (nSPS) is 38.6. The number of morpholine rings is 1. The van der Waals surface area contributed by atoms with Crippen molar-refractivity contribution in [3.05, 3.63) is 0 Å². The van der Waals surface area contributed by atoms with Gasteiger partial charge in [-0.3, -0.25) is 9.59 Å². The second-order valence-electron chi connectivity index (χ2n) is 8.02. The summed E-state index contributed by atoms with van der Waals surface area (Å²) in [6.45, 7) is 2.56. The molecule has 4 aliphatic carbocycles. The maximum Gasteiger partial charge on any atom is 0.223 e. The second kappa shape index (κ2) is 6.42. The highest BCUT2D eigenvalue weighted by Crippen LogP contribution is 2.53. The van der Waals surface area contributed by atoms with Gasteiger partial charge in [-0.1, -0.05) is 0 Å². The van der Waals surface area contributed by atoms with Gasteiger partial charge in [-0.2, -0.15) is 0 Å². The van der Waals surface area contributed by atoms with Gasteiger partial charge in [0.05, 0.1) is 13.2 Å². The van der Waals surface area contributed by atoms with Crippen molar-refractivity contribution in [2.45, 2.75) is 51.0 Å². The molecule has 2 amide bonds. The van der Waals surface area contributed by atoms with Gasteiger partial charge in [-0.05, 0) is 55.8 Å². The first-order chi connectivity index (χ1) is 11.2. The molecule has 5 rings (SSSR count). The number of nitrogens with one attached hydrogen (secondary N) is 1. The van der Waals surface area contributed by atoms with Crippen molar-refractivity contribution in [3.8, 4) is 0 Å². The van der Waals surface area contributed by atoms with Crippen molar-refractivity contribution in [1.29, 1.82) is 0 Å². The molecule has 0 radical (unpaired) electrons. The molecule has 0 aromatic rings. The van der Waals surface area contributed by atoms with E-state index in [0.29, 0.717) is 57.0 Å². The topological polar surface area (TPSA) is 58.6 Å². The number of carbonyl (C=O) groups excluding carboxylic acids is 2. The Morgan fingerprint density at radius 2 is 1.52 bits per heavy atom. The van der Waals surface area contributed by atoms with Crippen LogP contribution in [0.1, 0.15) is 44.9 Å². The molecule has 1 heterocycles. The number of carbonyl (C=O) groups is 2. The third kappa shape index (κ3) is 3.25. The summed E-state index contributed by atoms with van der Waals surface area (Å²) in [4.78, 5) is 26.3. The monoisotopic (exact) mass is 320 g/mol. The van der Waals surface area contributed by atoms with E-state index in [2.05, 4.69) is 5.32 Å². The molecule has 5 aliphatic rings. The van der Waals surface area contributed by atoms with Crippen molar-refractivity contribution in [2.24, 2.45) is 23.7 Å². The third-order valence-electron chi connectivity index (χ3n) is 6.48. The molecule has 5 fully saturated rings. The van der Waals surface area contributed by atoms with Crippen molar-refractivity contribution >= 4 is 11.8 Å². The van der Waals surface area contributed by atoms with Gasteiger partial charge in [0.25, 0.3) is 0 Å². The van der Waals surface area contributed by atoms with E-state index in [-0.39, 0.29) is 11.8 Å². The Morgan fingerprint density at radius 1 is 0.913 bits per heavy atom. The summed E-state index contributed by atoms with van der Waals surface area (Å²) in [6, 6.07) is 0.383. The van der Waals surface area contributed by atoms with E-state index in [1.807, 2.05) is 4.90 Å². The third-order valence-corrected chi connectivity index (χ3v) is 6.48. The van der Waals surface area contributed by atoms with E-state index in [1.54, 1.807) is 0 Å². The van der Waals surface area contributed by atoms with Crippen LogP contribution in [-0.4, -0.2) is 49.1 Å². The van der Waals surface area contributed by atoms with Crippen LogP contribution in [0.4, 0.5) is 0 Å². The lowest BCUT2D eigenvalue weighted by Gasteiger charge is -2.54. The van der Waals surface area contributed by atoms with E-state index in [9.17, 15) is 9.59 Å². The Bertz CT molecular complexity index is 445. The second-order valence-corrected chi connectivity index (χ2v) is 8.02. The first kappa shape index (κ1) is 15.4. The summed E-state index contributed by atoms with van der Waals surface area (Å²) in [7, 11) is 0. The van der Waals surface area contributed by atoms with Gasteiger partial charge < -0.3 is 15.0 Å². The van der Waals surface area contributed by atoms with Crippen LogP contribution in [0.3, 0.4) is 0 Å². The summed E-state index contributed by atoms with van der Waals surface area (Å²) in [5.74, 6) is 3.41. The van der Waals surface area contributed by atoms with Crippen LogP contribution in [0, 0.1) is 23.7 Å². The average molecular weight is 320 g/mol. The molecular weight excluding hydrogens is 292 g/mol. The average Bonchev–Trinajstić information content (AvgIpc) is 2.56. The van der Waals surface area contributed by atoms with Gasteiger partial charge in [-0.15, -0.1) is 0 Å². The van der Waals surface area contributed by atoms with E-state index < -0.39 is 0 Å². The highest BCUT2D eigenvalue weighted by atomic mass is 16.5. The van der Waals surface area contributed by atoms with Crippen molar-refractivity contribution in [1.82, 2.24) is 10.2 Å². The molecule has 1 saturated heterocycles. The van der Waals surface area contributed by atoms with Gasteiger partial charge in [0.2, 0.25) is 11.8 Å². The quantitative estimate of drug-likeness (QED) is 0.855. The predicted octanol–water partition coefficient (Wildman–Crippen LogP) is 1.57. The Kier molecular flexibility index (Phi) is 4.31.